The van der Waals surface area contributed by atoms with E-state index in [1.807, 2.05) is 24.3 Å². The van der Waals surface area contributed by atoms with Gasteiger partial charge in [-0.1, -0.05) is 74.9 Å². The second-order valence-electron chi connectivity index (χ2n) is 7.93. The Morgan fingerprint density at radius 3 is 2.30 bits per heavy atom. The zero-order valence-electron chi connectivity index (χ0n) is 19.3. The first-order valence-electron chi connectivity index (χ1n) is 11.5. The molecule has 1 N–H and O–H groups in total. The van der Waals surface area contributed by atoms with Gasteiger partial charge in [0.15, 0.2) is 0 Å². The SMILES string of the molecule is C=CC(=O)OCc1cc(-c2ccc(CCCCC)cc2)ccc1-c1ccc(OCCO)cc1. The van der Waals surface area contributed by atoms with E-state index in [2.05, 4.69) is 56.0 Å². The summed E-state index contributed by atoms with van der Waals surface area (Å²) in [6, 6.07) is 22.6. The standard InChI is InChI=1S/C29H32O4/c1-3-5-6-7-22-8-10-23(11-9-22)25-14-17-28(26(20-25)21-33-29(31)4-2)24-12-15-27(16-13-24)32-19-18-30/h4,8-17,20,30H,2-3,5-7,18-19,21H2,1H3. The normalized spacial score (nSPS) is 10.6. The number of carbonyl (C=O) groups excluding carboxylic acids is 1. The van der Waals surface area contributed by atoms with Crippen molar-refractivity contribution < 1.29 is 19.4 Å². The molecule has 0 saturated heterocycles. The molecule has 0 atom stereocenters. The van der Waals surface area contributed by atoms with Gasteiger partial charge in [0.05, 0.1) is 6.61 Å². The van der Waals surface area contributed by atoms with E-state index >= 15 is 0 Å². The lowest BCUT2D eigenvalue weighted by atomic mass is 9.94. The molecular weight excluding hydrogens is 412 g/mol. The smallest absolute Gasteiger partial charge is 0.330 e. The van der Waals surface area contributed by atoms with Gasteiger partial charge in [0.2, 0.25) is 0 Å². The Balaban J connectivity index is 1.86. The fourth-order valence-electron chi connectivity index (χ4n) is 3.72. The summed E-state index contributed by atoms with van der Waals surface area (Å²) in [6.45, 7) is 6.09. The summed E-state index contributed by atoms with van der Waals surface area (Å²) in [7, 11) is 0. The molecule has 4 heteroatoms. The number of carbonyl (C=O) groups is 1. The van der Waals surface area contributed by atoms with Crippen LogP contribution in [0.3, 0.4) is 0 Å². The molecule has 0 aliphatic heterocycles. The second kappa shape index (κ2) is 12.6. The maximum atomic E-state index is 11.7. The molecule has 0 fully saturated rings. The van der Waals surface area contributed by atoms with E-state index in [0.717, 1.165) is 34.2 Å². The van der Waals surface area contributed by atoms with Crippen molar-refractivity contribution in [1.82, 2.24) is 0 Å². The minimum absolute atomic E-state index is 0.0260. The van der Waals surface area contributed by atoms with Crippen LogP contribution in [0.1, 0.15) is 37.3 Å². The highest BCUT2D eigenvalue weighted by Gasteiger charge is 2.10. The lowest BCUT2D eigenvalue weighted by Crippen LogP contribution is -2.02. The molecule has 0 amide bonds. The van der Waals surface area contributed by atoms with Crippen molar-refractivity contribution in [3.8, 4) is 28.0 Å². The second-order valence-corrected chi connectivity index (χ2v) is 7.93. The Labute approximate surface area is 196 Å². The zero-order chi connectivity index (χ0) is 23.5. The van der Waals surface area contributed by atoms with Crippen molar-refractivity contribution in [2.45, 2.75) is 39.2 Å². The molecule has 3 rings (SSSR count). The van der Waals surface area contributed by atoms with Gasteiger partial charge >= 0.3 is 5.97 Å². The van der Waals surface area contributed by atoms with Gasteiger partial charge in [-0.2, -0.15) is 0 Å². The monoisotopic (exact) mass is 444 g/mol. The van der Waals surface area contributed by atoms with Crippen molar-refractivity contribution in [3.63, 3.8) is 0 Å². The number of benzene rings is 3. The lowest BCUT2D eigenvalue weighted by molar-refractivity contribution is -0.138. The summed E-state index contributed by atoms with van der Waals surface area (Å²) in [5.74, 6) is 0.249. The summed E-state index contributed by atoms with van der Waals surface area (Å²) >= 11 is 0. The number of unbranched alkanes of at least 4 members (excludes halogenated alkanes) is 2. The van der Waals surface area contributed by atoms with E-state index < -0.39 is 5.97 Å². The first-order chi connectivity index (χ1) is 16.1. The highest BCUT2D eigenvalue weighted by Crippen LogP contribution is 2.31. The zero-order valence-corrected chi connectivity index (χ0v) is 19.3. The molecule has 0 aliphatic carbocycles. The first kappa shape index (κ1) is 24.3. The fourth-order valence-corrected chi connectivity index (χ4v) is 3.72. The van der Waals surface area contributed by atoms with Crippen LogP contribution in [-0.4, -0.2) is 24.3 Å². The molecular formula is C29H32O4. The summed E-state index contributed by atoms with van der Waals surface area (Å²) in [5, 5.41) is 8.93. The summed E-state index contributed by atoms with van der Waals surface area (Å²) in [5.41, 5.74) is 6.46. The molecule has 172 valence electrons. The first-order valence-corrected chi connectivity index (χ1v) is 11.5. The Morgan fingerprint density at radius 1 is 0.939 bits per heavy atom. The quantitative estimate of drug-likeness (QED) is 0.201. The topological polar surface area (TPSA) is 55.8 Å². The van der Waals surface area contributed by atoms with Crippen LogP contribution in [0, 0.1) is 0 Å². The third kappa shape index (κ3) is 7.06. The molecule has 0 heterocycles. The molecule has 0 bridgehead atoms. The van der Waals surface area contributed by atoms with Crippen molar-refractivity contribution in [3.05, 3.63) is 90.5 Å². The average molecular weight is 445 g/mol. The maximum Gasteiger partial charge on any atom is 0.330 e. The van der Waals surface area contributed by atoms with Crippen molar-refractivity contribution in [2.24, 2.45) is 0 Å². The van der Waals surface area contributed by atoms with Gasteiger partial charge in [0, 0.05) is 6.08 Å². The molecule has 0 aromatic heterocycles. The number of aliphatic hydroxyl groups excluding tert-OH is 1. The molecule has 3 aromatic carbocycles. The predicted octanol–water partition coefficient (Wildman–Crippen LogP) is 6.35. The van der Waals surface area contributed by atoms with Gasteiger partial charge in [-0.15, -0.1) is 0 Å². The van der Waals surface area contributed by atoms with Gasteiger partial charge in [-0.3, -0.25) is 0 Å². The van der Waals surface area contributed by atoms with Crippen LogP contribution < -0.4 is 4.74 Å². The molecule has 0 radical (unpaired) electrons. The molecule has 0 saturated carbocycles. The van der Waals surface area contributed by atoms with E-state index in [9.17, 15) is 4.79 Å². The van der Waals surface area contributed by atoms with E-state index in [-0.39, 0.29) is 19.8 Å². The molecule has 3 aromatic rings. The number of hydrogen-bond acceptors (Lipinski definition) is 4. The number of rotatable bonds is 12. The van der Waals surface area contributed by atoms with Crippen molar-refractivity contribution >= 4 is 5.97 Å². The van der Waals surface area contributed by atoms with Gasteiger partial charge in [-0.05, 0) is 64.4 Å². The Bertz CT molecular complexity index is 1040. The molecule has 0 aliphatic rings. The molecule has 0 unspecified atom stereocenters. The number of esters is 1. The summed E-state index contributed by atoms with van der Waals surface area (Å²) in [4.78, 5) is 11.7. The largest absolute Gasteiger partial charge is 0.491 e. The Kier molecular flexibility index (Phi) is 9.28. The molecule has 4 nitrogen and oxygen atoms in total. The highest BCUT2D eigenvalue weighted by atomic mass is 16.5. The third-order valence-electron chi connectivity index (χ3n) is 5.52. The van der Waals surface area contributed by atoms with E-state index in [1.54, 1.807) is 0 Å². The van der Waals surface area contributed by atoms with Crippen LogP contribution in [-0.2, 0) is 22.6 Å². The number of hydrogen-bond donors (Lipinski definition) is 1. The van der Waals surface area contributed by atoms with Gasteiger partial charge in [0.1, 0.15) is 19.0 Å². The number of aryl methyl sites for hydroxylation is 1. The van der Waals surface area contributed by atoms with Crippen LogP contribution in [0.25, 0.3) is 22.3 Å². The summed E-state index contributed by atoms with van der Waals surface area (Å²) in [6.07, 6.45) is 5.97. The van der Waals surface area contributed by atoms with Gasteiger partial charge in [0.25, 0.3) is 0 Å². The minimum atomic E-state index is -0.449. The lowest BCUT2D eigenvalue weighted by Gasteiger charge is -2.14. The van der Waals surface area contributed by atoms with Crippen molar-refractivity contribution in [1.29, 1.82) is 0 Å². The summed E-state index contributed by atoms with van der Waals surface area (Å²) < 4.78 is 10.8. The van der Waals surface area contributed by atoms with Gasteiger partial charge in [-0.25, -0.2) is 4.79 Å². The molecule has 33 heavy (non-hydrogen) atoms. The maximum absolute atomic E-state index is 11.7. The predicted molar refractivity (Wildman–Crippen MR) is 133 cm³/mol. The number of aliphatic hydroxyl groups is 1. The Hall–Kier alpha value is -3.37. The van der Waals surface area contributed by atoms with E-state index in [4.69, 9.17) is 14.6 Å². The van der Waals surface area contributed by atoms with Crippen LogP contribution in [0.2, 0.25) is 0 Å². The minimum Gasteiger partial charge on any atom is -0.491 e. The van der Waals surface area contributed by atoms with E-state index in [1.165, 1.54) is 30.9 Å². The van der Waals surface area contributed by atoms with Gasteiger partial charge < -0.3 is 14.6 Å². The van der Waals surface area contributed by atoms with Crippen LogP contribution in [0.5, 0.6) is 5.75 Å². The van der Waals surface area contributed by atoms with Crippen LogP contribution in [0.4, 0.5) is 0 Å². The fraction of sp³-hybridized carbons (Fsp3) is 0.276. The molecule has 0 spiro atoms. The highest BCUT2D eigenvalue weighted by molar-refractivity contribution is 5.81. The van der Waals surface area contributed by atoms with E-state index in [0.29, 0.717) is 5.75 Å². The third-order valence-corrected chi connectivity index (χ3v) is 5.52. The average Bonchev–Trinajstić information content (AvgIpc) is 2.87. The van der Waals surface area contributed by atoms with Crippen LogP contribution in [0.15, 0.2) is 79.4 Å². The number of ether oxygens (including phenoxy) is 2. The van der Waals surface area contributed by atoms with Crippen molar-refractivity contribution in [2.75, 3.05) is 13.2 Å². The Morgan fingerprint density at radius 2 is 1.64 bits per heavy atom. The van der Waals surface area contributed by atoms with Crippen LogP contribution >= 0.6 is 0 Å².